The third-order valence-corrected chi connectivity index (χ3v) is 6.19. The molecule has 4 rings (SSSR count). The molecule has 0 aliphatic carbocycles. The number of fused-ring (bicyclic) bond motifs is 1. The Kier molecular flexibility index (Phi) is 7.69. The van der Waals surface area contributed by atoms with Crippen molar-refractivity contribution in [1.82, 2.24) is 14.6 Å². The van der Waals surface area contributed by atoms with Crippen molar-refractivity contribution in [2.75, 3.05) is 13.2 Å². The zero-order valence-corrected chi connectivity index (χ0v) is 20.1. The first kappa shape index (κ1) is 23.6. The van der Waals surface area contributed by atoms with Crippen LogP contribution in [0.5, 0.6) is 11.5 Å². The quantitative estimate of drug-likeness (QED) is 0.325. The Morgan fingerprint density at radius 2 is 1.82 bits per heavy atom. The lowest BCUT2D eigenvalue weighted by molar-refractivity contribution is 0.271. The Labute approximate surface area is 201 Å². The van der Waals surface area contributed by atoms with Gasteiger partial charge in [-0.2, -0.15) is 14.6 Å². The van der Waals surface area contributed by atoms with Gasteiger partial charge in [-0.1, -0.05) is 67.5 Å². The minimum Gasteiger partial charge on any atom is -0.490 e. The van der Waals surface area contributed by atoms with Crippen LogP contribution in [0.25, 0.3) is 11.0 Å². The van der Waals surface area contributed by atoms with Gasteiger partial charge in [0.05, 0.1) is 17.7 Å². The zero-order chi connectivity index (χ0) is 23.9. The predicted molar refractivity (Wildman–Crippen MR) is 134 cm³/mol. The SMILES string of the molecule is CCCCCOc1ccc(/C=c2\sc3nc(=O)c(Cc4ccccc4)nn3c2=O)cc1OCC. The number of benzene rings is 2. The Bertz CT molecular complexity index is 1430. The summed E-state index contributed by atoms with van der Waals surface area (Å²) in [5.74, 6) is 1.32. The molecule has 2 aromatic heterocycles. The van der Waals surface area contributed by atoms with Crippen LogP contribution in [0.4, 0.5) is 0 Å². The Morgan fingerprint density at radius 3 is 2.59 bits per heavy atom. The van der Waals surface area contributed by atoms with Crippen LogP contribution in [0.3, 0.4) is 0 Å². The first-order chi connectivity index (χ1) is 16.6. The van der Waals surface area contributed by atoms with Crippen molar-refractivity contribution < 1.29 is 9.47 Å². The summed E-state index contributed by atoms with van der Waals surface area (Å²) in [5.41, 5.74) is 1.25. The normalized spacial score (nSPS) is 11.8. The maximum Gasteiger partial charge on any atom is 0.296 e. The minimum atomic E-state index is -0.417. The highest BCUT2D eigenvalue weighted by Gasteiger charge is 2.12. The van der Waals surface area contributed by atoms with Crippen molar-refractivity contribution >= 4 is 22.4 Å². The standard InChI is InChI=1S/C26H27N3O4S/c1-3-5-9-14-33-21-13-12-19(16-22(21)32-4-2)17-23-25(31)29-26(34-23)27-24(30)20(28-29)15-18-10-7-6-8-11-18/h6-8,10-13,16-17H,3-5,9,14-15H2,1-2H3/b23-17-. The average Bonchev–Trinajstić information content (AvgIpc) is 3.13. The van der Waals surface area contributed by atoms with Crippen LogP contribution in [0.1, 0.15) is 49.9 Å². The van der Waals surface area contributed by atoms with E-state index in [1.807, 2.05) is 55.5 Å². The molecule has 0 atom stereocenters. The molecule has 0 aliphatic heterocycles. The molecule has 0 aliphatic rings. The molecule has 4 aromatic rings. The lowest BCUT2D eigenvalue weighted by Crippen LogP contribution is -2.28. The van der Waals surface area contributed by atoms with Gasteiger partial charge in [0.1, 0.15) is 5.69 Å². The summed E-state index contributed by atoms with van der Waals surface area (Å²) in [6.07, 6.45) is 5.31. The lowest BCUT2D eigenvalue weighted by atomic mass is 10.1. The van der Waals surface area contributed by atoms with E-state index in [2.05, 4.69) is 17.0 Å². The lowest BCUT2D eigenvalue weighted by Gasteiger charge is -2.12. The molecule has 34 heavy (non-hydrogen) atoms. The van der Waals surface area contributed by atoms with Gasteiger partial charge >= 0.3 is 0 Å². The van der Waals surface area contributed by atoms with E-state index in [1.165, 1.54) is 4.52 Å². The van der Waals surface area contributed by atoms with Gasteiger partial charge in [0, 0.05) is 6.42 Å². The van der Waals surface area contributed by atoms with E-state index >= 15 is 0 Å². The highest BCUT2D eigenvalue weighted by atomic mass is 32.1. The van der Waals surface area contributed by atoms with E-state index in [0.717, 1.165) is 41.7 Å². The van der Waals surface area contributed by atoms with Crippen LogP contribution in [-0.4, -0.2) is 27.8 Å². The average molecular weight is 478 g/mol. The molecule has 0 saturated carbocycles. The van der Waals surface area contributed by atoms with Crippen molar-refractivity contribution in [3.05, 3.63) is 90.6 Å². The zero-order valence-electron chi connectivity index (χ0n) is 19.3. The second kappa shape index (κ2) is 11.1. The van der Waals surface area contributed by atoms with Crippen molar-refractivity contribution in [3.8, 4) is 11.5 Å². The van der Waals surface area contributed by atoms with E-state index in [-0.39, 0.29) is 16.2 Å². The van der Waals surface area contributed by atoms with E-state index in [4.69, 9.17) is 9.47 Å². The fraction of sp³-hybridized carbons (Fsp3) is 0.308. The van der Waals surface area contributed by atoms with E-state index in [9.17, 15) is 9.59 Å². The molecule has 2 heterocycles. The van der Waals surface area contributed by atoms with Crippen LogP contribution in [0.2, 0.25) is 0 Å². The minimum absolute atomic E-state index is 0.244. The molecule has 0 radical (unpaired) electrons. The van der Waals surface area contributed by atoms with Crippen LogP contribution >= 0.6 is 11.3 Å². The molecular weight excluding hydrogens is 450 g/mol. The smallest absolute Gasteiger partial charge is 0.296 e. The molecule has 7 nitrogen and oxygen atoms in total. The number of unbranched alkanes of at least 4 members (excludes halogenated alkanes) is 2. The number of hydrogen-bond acceptors (Lipinski definition) is 7. The summed E-state index contributed by atoms with van der Waals surface area (Å²) >= 11 is 1.14. The summed E-state index contributed by atoms with van der Waals surface area (Å²) in [4.78, 5) is 29.9. The van der Waals surface area contributed by atoms with Crippen molar-refractivity contribution in [2.24, 2.45) is 0 Å². The molecule has 8 heteroatoms. The predicted octanol–water partition coefficient (Wildman–Crippen LogP) is 3.62. The van der Waals surface area contributed by atoms with Gasteiger partial charge in [-0.15, -0.1) is 0 Å². The molecule has 0 amide bonds. The van der Waals surface area contributed by atoms with E-state index < -0.39 is 5.56 Å². The second-order valence-corrected chi connectivity index (χ2v) is 8.84. The summed E-state index contributed by atoms with van der Waals surface area (Å²) < 4.78 is 13.3. The molecule has 0 N–H and O–H groups in total. The van der Waals surface area contributed by atoms with Gasteiger partial charge in [0.2, 0.25) is 4.96 Å². The third-order valence-electron chi connectivity index (χ3n) is 5.24. The largest absolute Gasteiger partial charge is 0.490 e. The van der Waals surface area contributed by atoms with Crippen LogP contribution in [-0.2, 0) is 6.42 Å². The number of thiazole rings is 1. The van der Waals surface area contributed by atoms with Gasteiger partial charge in [-0.3, -0.25) is 9.59 Å². The Balaban J connectivity index is 1.66. The van der Waals surface area contributed by atoms with Crippen molar-refractivity contribution in [1.29, 1.82) is 0 Å². The van der Waals surface area contributed by atoms with Gasteiger partial charge in [-0.25, -0.2) is 0 Å². The second-order valence-electron chi connectivity index (χ2n) is 7.83. The number of rotatable bonds is 10. The number of hydrogen-bond donors (Lipinski definition) is 0. The van der Waals surface area contributed by atoms with Gasteiger partial charge in [0.25, 0.3) is 11.1 Å². The topological polar surface area (TPSA) is 82.8 Å². The summed E-state index contributed by atoms with van der Waals surface area (Å²) in [5, 5.41) is 4.32. The van der Waals surface area contributed by atoms with Gasteiger partial charge in [-0.05, 0) is 42.7 Å². The first-order valence-corrected chi connectivity index (χ1v) is 12.3. The highest BCUT2D eigenvalue weighted by molar-refractivity contribution is 7.15. The third kappa shape index (κ3) is 5.51. The monoisotopic (exact) mass is 477 g/mol. The molecule has 2 aromatic carbocycles. The maximum atomic E-state index is 13.0. The highest BCUT2D eigenvalue weighted by Crippen LogP contribution is 2.29. The Morgan fingerprint density at radius 1 is 1.00 bits per heavy atom. The van der Waals surface area contributed by atoms with E-state index in [1.54, 1.807) is 6.08 Å². The van der Waals surface area contributed by atoms with Crippen molar-refractivity contribution in [2.45, 2.75) is 39.5 Å². The van der Waals surface area contributed by atoms with Crippen LogP contribution in [0, 0.1) is 0 Å². The molecule has 0 unspecified atom stereocenters. The van der Waals surface area contributed by atoms with Gasteiger partial charge < -0.3 is 9.47 Å². The molecule has 0 fully saturated rings. The van der Waals surface area contributed by atoms with Gasteiger partial charge in [0.15, 0.2) is 11.5 Å². The fourth-order valence-electron chi connectivity index (χ4n) is 3.53. The van der Waals surface area contributed by atoms with Crippen molar-refractivity contribution in [3.63, 3.8) is 0 Å². The number of ether oxygens (including phenoxy) is 2. The first-order valence-electron chi connectivity index (χ1n) is 11.5. The maximum absolute atomic E-state index is 13.0. The molecule has 0 saturated heterocycles. The summed E-state index contributed by atoms with van der Waals surface area (Å²) in [6, 6.07) is 15.1. The Hall–Kier alpha value is -3.52. The van der Waals surface area contributed by atoms with E-state index in [0.29, 0.717) is 35.7 Å². The fourth-order valence-corrected chi connectivity index (χ4v) is 4.43. The molecule has 0 bridgehead atoms. The molecule has 0 spiro atoms. The molecular formula is C26H27N3O4S. The van der Waals surface area contributed by atoms with Crippen LogP contribution < -0.4 is 25.1 Å². The van der Waals surface area contributed by atoms with Crippen LogP contribution in [0.15, 0.2) is 58.1 Å². The summed E-state index contributed by atoms with van der Waals surface area (Å²) in [6.45, 7) is 5.21. The number of nitrogens with zero attached hydrogens (tertiary/aromatic N) is 3. The number of aromatic nitrogens is 3. The summed E-state index contributed by atoms with van der Waals surface area (Å²) in [7, 11) is 0. The molecule has 176 valence electrons.